The summed E-state index contributed by atoms with van der Waals surface area (Å²) in [5.74, 6) is -0.339. The number of anilines is 2. The van der Waals surface area contributed by atoms with E-state index in [0.29, 0.717) is 24.1 Å². The standard InChI is InChI=1S/C24H27N5O3S/c1-5-19(22(31)26-17-12-11-14(3)13-15(17)4)33-24-27-23(32)21(28-29-24)16-9-7-8-10-18(16)25-20(30)6-2/h7-13,19H,5-6H2,1-4H3,(H,25,30)(H,26,31)(H,27,29,32)/t19-/m0/s1. The summed E-state index contributed by atoms with van der Waals surface area (Å²) in [4.78, 5) is 40.1. The fourth-order valence-corrected chi connectivity index (χ4v) is 4.05. The summed E-state index contributed by atoms with van der Waals surface area (Å²) in [6.45, 7) is 7.58. The second-order valence-corrected chi connectivity index (χ2v) is 8.77. The molecule has 0 radical (unpaired) electrons. The van der Waals surface area contributed by atoms with Crippen molar-refractivity contribution in [3.63, 3.8) is 0 Å². The molecule has 172 valence electrons. The number of benzene rings is 2. The van der Waals surface area contributed by atoms with Crippen molar-refractivity contribution in [2.75, 3.05) is 10.6 Å². The number of nitrogens with zero attached hydrogens (tertiary/aromatic N) is 2. The quantitative estimate of drug-likeness (QED) is 0.427. The summed E-state index contributed by atoms with van der Waals surface area (Å²) in [6, 6.07) is 12.8. The minimum absolute atomic E-state index is 0.0964. The first-order valence-corrected chi connectivity index (χ1v) is 11.6. The molecule has 0 saturated heterocycles. The summed E-state index contributed by atoms with van der Waals surface area (Å²) >= 11 is 1.15. The van der Waals surface area contributed by atoms with Crippen LogP contribution in [0.15, 0.2) is 52.4 Å². The Morgan fingerprint density at radius 3 is 2.45 bits per heavy atom. The first-order chi connectivity index (χ1) is 15.8. The topological polar surface area (TPSA) is 117 Å². The van der Waals surface area contributed by atoms with Crippen molar-refractivity contribution in [1.29, 1.82) is 0 Å². The van der Waals surface area contributed by atoms with Gasteiger partial charge >= 0.3 is 0 Å². The van der Waals surface area contributed by atoms with Crippen molar-refractivity contribution >= 4 is 35.0 Å². The van der Waals surface area contributed by atoms with Gasteiger partial charge in [0.15, 0.2) is 10.9 Å². The van der Waals surface area contributed by atoms with E-state index in [1.165, 1.54) is 0 Å². The summed E-state index contributed by atoms with van der Waals surface area (Å²) < 4.78 is 0. The Morgan fingerprint density at radius 1 is 1.03 bits per heavy atom. The molecule has 3 aromatic rings. The van der Waals surface area contributed by atoms with E-state index in [2.05, 4.69) is 25.8 Å². The predicted molar refractivity (Wildman–Crippen MR) is 131 cm³/mol. The smallest absolute Gasteiger partial charge is 0.278 e. The highest BCUT2D eigenvalue weighted by Crippen LogP contribution is 2.26. The van der Waals surface area contributed by atoms with E-state index in [9.17, 15) is 14.4 Å². The molecule has 2 amide bonds. The van der Waals surface area contributed by atoms with Crippen LogP contribution in [0.1, 0.15) is 37.8 Å². The third-order valence-corrected chi connectivity index (χ3v) is 6.25. The fourth-order valence-electron chi connectivity index (χ4n) is 3.21. The highest BCUT2D eigenvalue weighted by Gasteiger charge is 2.21. The number of aromatic nitrogens is 3. The molecule has 0 bridgehead atoms. The molecule has 8 nitrogen and oxygen atoms in total. The average Bonchev–Trinajstić information content (AvgIpc) is 2.79. The molecule has 0 spiro atoms. The van der Waals surface area contributed by atoms with Gasteiger partial charge in [-0.2, -0.15) is 0 Å². The molecular formula is C24H27N5O3S. The zero-order valence-electron chi connectivity index (χ0n) is 19.1. The Hall–Kier alpha value is -3.46. The number of carbonyl (C=O) groups excluding carboxylic acids is 2. The Kier molecular flexibility index (Phi) is 8.00. The van der Waals surface area contributed by atoms with Crippen LogP contribution in [0.25, 0.3) is 11.3 Å². The molecule has 0 unspecified atom stereocenters. The molecule has 2 aromatic carbocycles. The summed E-state index contributed by atoms with van der Waals surface area (Å²) in [5, 5.41) is 13.7. The molecule has 1 heterocycles. The van der Waals surface area contributed by atoms with Crippen LogP contribution < -0.4 is 16.2 Å². The van der Waals surface area contributed by atoms with Gasteiger partial charge < -0.3 is 10.6 Å². The molecular weight excluding hydrogens is 438 g/mol. The van der Waals surface area contributed by atoms with E-state index in [0.717, 1.165) is 28.6 Å². The number of amides is 2. The number of rotatable bonds is 8. The van der Waals surface area contributed by atoms with E-state index in [-0.39, 0.29) is 22.7 Å². The van der Waals surface area contributed by atoms with Crippen LogP contribution in [-0.4, -0.2) is 32.2 Å². The van der Waals surface area contributed by atoms with Crippen LogP contribution in [0.3, 0.4) is 0 Å². The van der Waals surface area contributed by atoms with Crippen LogP contribution in [0.2, 0.25) is 0 Å². The molecule has 0 fully saturated rings. The molecule has 0 saturated carbocycles. The number of H-pyrrole nitrogens is 1. The van der Waals surface area contributed by atoms with Gasteiger partial charge in [-0.3, -0.25) is 19.4 Å². The highest BCUT2D eigenvalue weighted by molar-refractivity contribution is 8.00. The Labute approximate surface area is 196 Å². The average molecular weight is 466 g/mol. The van der Waals surface area contributed by atoms with E-state index >= 15 is 0 Å². The molecule has 1 aromatic heterocycles. The van der Waals surface area contributed by atoms with E-state index in [1.54, 1.807) is 31.2 Å². The van der Waals surface area contributed by atoms with Gasteiger partial charge in [0.05, 0.1) is 10.9 Å². The van der Waals surface area contributed by atoms with Crippen molar-refractivity contribution in [3.05, 3.63) is 63.9 Å². The molecule has 0 aliphatic heterocycles. The van der Waals surface area contributed by atoms with Crippen molar-refractivity contribution < 1.29 is 9.59 Å². The van der Waals surface area contributed by atoms with Crippen LogP contribution in [0, 0.1) is 13.8 Å². The number of hydrogen-bond donors (Lipinski definition) is 3. The van der Waals surface area contributed by atoms with Gasteiger partial charge in [0.2, 0.25) is 11.8 Å². The minimum Gasteiger partial charge on any atom is -0.325 e. The highest BCUT2D eigenvalue weighted by atomic mass is 32.2. The number of thioether (sulfide) groups is 1. The molecule has 3 rings (SSSR count). The van der Waals surface area contributed by atoms with Gasteiger partial charge in [-0.05, 0) is 38.0 Å². The van der Waals surface area contributed by atoms with E-state index in [1.807, 2.05) is 39.0 Å². The van der Waals surface area contributed by atoms with Crippen LogP contribution in [0.4, 0.5) is 11.4 Å². The maximum Gasteiger partial charge on any atom is 0.278 e. The summed E-state index contributed by atoms with van der Waals surface area (Å²) in [6.07, 6.45) is 0.854. The van der Waals surface area contributed by atoms with Gasteiger partial charge in [0.1, 0.15) is 0 Å². The second kappa shape index (κ2) is 10.9. The number of para-hydroxylation sites is 1. The lowest BCUT2D eigenvalue weighted by atomic mass is 10.1. The Morgan fingerprint density at radius 2 is 1.79 bits per heavy atom. The summed E-state index contributed by atoms with van der Waals surface area (Å²) in [7, 11) is 0. The normalized spacial score (nSPS) is 11.6. The van der Waals surface area contributed by atoms with E-state index in [4.69, 9.17) is 0 Å². The SMILES string of the molecule is CCC(=O)Nc1ccccc1-c1nnc(S[C@@H](CC)C(=O)Nc2ccc(C)cc2C)[nH]c1=O. The zero-order valence-corrected chi connectivity index (χ0v) is 19.9. The lowest BCUT2D eigenvalue weighted by Gasteiger charge is -2.15. The fraction of sp³-hybridized carbons (Fsp3) is 0.292. The first kappa shape index (κ1) is 24.2. The lowest BCUT2D eigenvalue weighted by molar-refractivity contribution is -0.116. The van der Waals surface area contributed by atoms with Crippen LogP contribution in [-0.2, 0) is 9.59 Å². The van der Waals surface area contributed by atoms with Gasteiger partial charge in [-0.25, -0.2) is 0 Å². The number of aryl methyl sites for hydroxylation is 2. The van der Waals surface area contributed by atoms with Gasteiger partial charge in [-0.1, -0.05) is 61.5 Å². The van der Waals surface area contributed by atoms with Crippen LogP contribution >= 0.6 is 11.8 Å². The monoisotopic (exact) mass is 465 g/mol. The molecule has 1 atom stereocenters. The second-order valence-electron chi connectivity index (χ2n) is 7.58. The van der Waals surface area contributed by atoms with Crippen LogP contribution in [0.5, 0.6) is 0 Å². The number of aromatic amines is 1. The third-order valence-electron chi connectivity index (χ3n) is 5.01. The Bertz CT molecular complexity index is 1220. The maximum atomic E-state index is 12.8. The van der Waals surface area contributed by atoms with Gasteiger partial charge in [0.25, 0.3) is 5.56 Å². The first-order valence-electron chi connectivity index (χ1n) is 10.7. The number of nitrogens with one attached hydrogen (secondary N) is 3. The molecule has 3 N–H and O–H groups in total. The predicted octanol–water partition coefficient (Wildman–Crippen LogP) is 4.31. The molecule has 33 heavy (non-hydrogen) atoms. The maximum absolute atomic E-state index is 12.8. The van der Waals surface area contributed by atoms with Crippen molar-refractivity contribution in [2.24, 2.45) is 0 Å². The number of hydrogen-bond acceptors (Lipinski definition) is 6. The molecule has 0 aliphatic rings. The number of carbonyl (C=O) groups is 2. The Balaban J connectivity index is 1.79. The van der Waals surface area contributed by atoms with Crippen molar-refractivity contribution in [3.8, 4) is 11.3 Å². The van der Waals surface area contributed by atoms with E-state index < -0.39 is 10.8 Å². The molecule has 0 aliphatic carbocycles. The zero-order chi connectivity index (χ0) is 24.0. The third kappa shape index (κ3) is 6.07. The van der Waals surface area contributed by atoms with Gasteiger partial charge in [-0.15, -0.1) is 10.2 Å². The minimum atomic E-state index is -0.461. The molecule has 9 heteroatoms. The lowest BCUT2D eigenvalue weighted by Crippen LogP contribution is -2.26. The van der Waals surface area contributed by atoms with Crippen molar-refractivity contribution in [1.82, 2.24) is 15.2 Å². The van der Waals surface area contributed by atoms with Crippen molar-refractivity contribution in [2.45, 2.75) is 50.9 Å². The largest absolute Gasteiger partial charge is 0.325 e. The summed E-state index contributed by atoms with van der Waals surface area (Å²) in [5.41, 5.74) is 3.47. The van der Waals surface area contributed by atoms with Gasteiger partial charge in [0, 0.05) is 17.7 Å².